The van der Waals surface area contributed by atoms with Crippen LogP contribution in [0.5, 0.6) is 0 Å². The van der Waals surface area contributed by atoms with Crippen LogP contribution < -0.4 is 4.90 Å². The van der Waals surface area contributed by atoms with E-state index in [2.05, 4.69) is 4.90 Å². The molecule has 0 radical (unpaired) electrons. The van der Waals surface area contributed by atoms with Gasteiger partial charge in [-0.15, -0.1) is 0 Å². The Hall–Kier alpha value is -1.55. The number of carboxylic acid groups (broad SMARTS) is 1. The highest BCUT2D eigenvalue weighted by Gasteiger charge is 2.22. The predicted octanol–water partition coefficient (Wildman–Crippen LogP) is 1.91. The molecule has 1 aromatic carbocycles. The van der Waals surface area contributed by atoms with Gasteiger partial charge in [-0.1, -0.05) is 6.07 Å². The molecule has 1 aliphatic heterocycles. The van der Waals surface area contributed by atoms with Gasteiger partial charge in [-0.2, -0.15) is 0 Å². The van der Waals surface area contributed by atoms with Crippen molar-refractivity contribution < 1.29 is 15.0 Å². The lowest BCUT2D eigenvalue weighted by Gasteiger charge is -2.24. The number of hydrogen-bond acceptors (Lipinski definition) is 3. The van der Waals surface area contributed by atoms with Crippen molar-refractivity contribution >= 4 is 11.7 Å². The van der Waals surface area contributed by atoms with Gasteiger partial charge in [-0.3, -0.25) is 0 Å². The SMILES string of the molecule is CC(C)(O)CCN1CCc2ccc(C(=O)O)cc21. The fraction of sp³-hybridized carbons (Fsp3) is 0.500. The molecule has 0 amide bonds. The lowest BCUT2D eigenvalue weighted by atomic mass is 10.1. The summed E-state index contributed by atoms with van der Waals surface area (Å²) in [6.07, 6.45) is 1.62. The van der Waals surface area contributed by atoms with Gasteiger partial charge in [0.1, 0.15) is 0 Å². The van der Waals surface area contributed by atoms with Crippen LogP contribution in [0.2, 0.25) is 0 Å². The maximum Gasteiger partial charge on any atom is 0.335 e. The number of carbonyl (C=O) groups is 1. The van der Waals surface area contributed by atoms with Gasteiger partial charge in [-0.25, -0.2) is 4.79 Å². The molecule has 2 N–H and O–H groups in total. The third kappa shape index (κ3) is 2.82. The van der Waals surface area contributed by atoms with Gasteiger partial charge >= 0.3 is 5.97 Å². The van der Waals surface area contributed by atoms with Crippen LogP contribution >= 0.6 is 0 Å². The second kappa shape index (κ2) is 4.61. The Morgan fingerprint density at radius 3 is 2.78 bits per heavy atom. The summed E-state index contributed by atoms with van der Waals surface area (Å²) in [6.45, 7) is 5.23. The molecule has 0 aromatic heterocycles. The van der Waals surface area contributed by atoms with E-state index >= 15 is 0 Å². The first-order valence-corrected chi connectivity index (χ1v) is 6.20. The van der Waals surface area contributed by atoms with Crippen LogP contribution in [-0.2, 0) is 6.42 Å². The molecule has 0 saturated heterocycles. The van der Waals surface area contributed by atoms with Crippen molar-refractivity contribution in [1.82, 2.24) is 0 Å². The molecule has 0 bridgehead atoms. The molecule has 2 rings (SSSR count). The third-order valence-electron chi connectivity index (χ3n) is 3.32. The zero-order valence-corrected chi connectivity index (χ0v) is 10.8. The second-order valence-corrected chi connectivity index (χ2v) is 5.45. The highest BCUT2D eigenvalue weighted by Crippen LogP contribution is 2.29. The molecule has 0 fully saturated rings. The lowest BCUT2D eigenvalue weighted by Crippen LogP contribution is -2.29. The van der Waals surface area contributed by atoms with E-state index in [9.17, 15) is 9.90 Å². The lowest BCUT2D eigenvalue weighted by molar-refractivity contribution is 0.0694. The number of nitrogens with zero attached hydrogens (tertiary/aromatic N) is 1. The molecule has 1 aliphatic rings. The van der Waals surface area contributed by atoms with E-state index in [0.29, 0.717) is 12.0 Å². The minimum Gasteiger partial charge on any atom is -0.478 e. The summed E-state index contributed by atoms with van der Waals surface area (Å²) in [5.74, 6) is -0.896. The molecular weight excluding hydrogens is 230 g/mol. The summed E-state index contributed by atoms with van der Waals surface area (Å²) < 4.78 is 0. The highest BCUT2D eigenvalue weighted by molar-refractivity contribution is 5.89. The molecule has 18 heavy (non-hydrogen) atoms. The molecule has 4 nitrogen and oxygen atoms in total. The minimum atomic E-state index is -0.896. The Labute approximate surface area is 107 Å². The molecule has 0 aliphatic carbocycles. The highest BCUT2D eigenvalue weighted by atomic mass is 16.4. The predicted molar refractivity (Wildman–Crippen MR) is 70.2 cm³/mol. The monoisotopic (exact) mass is 249 g/mol. The van der Waals surface area contributed by atoms with Crippen LogP contribution in [0.15, 0.2) is 18.2 Å². The number of fused-ring (bicyclic) bond motifs is 1. The topological polar surface area (TPSA) is 60.8 Å². The van der Waals surface area contributed by atoms with Crippen LogP contribution in [-0.4, -0.2) is 34.9 Å². The van der Waals surface area contributed by atoms with Gasteiger partial charge in [0.25, 0.3) is 0 Å². The van der Waals surface area contributed by atoms with E-state index < -0.39 is 11.6 Å². The maximum absolute atomic E-state index is 11.0. The summed E-state index contributed by atoms with van der Waals surface area (Å²) in [5.41, 5.74) is 1.83. The summed E-state index contributed by atoms with van der Waals surface area (Å²) in [4.78, 5) is 13.1. The Kier molecular flexibility index (Phi) is 3.30. The van der Waals surface area contributed by atoms with Crippen molar-refractivity contribution in [2.75, 3.05) is 18.0 Å². The minimum absolute atomic E-state index is 0.323. The van der Waals surface area contributed by atoms with Gasteiger partial charge < -0.3 is 15.1 Å². The standard InChI is InChI=1S/C14H19NO3/c1-14(2,18)6-8-15-7-5-10-3-4-11(13(16)17)9-12(10)15/h3-4,9,18H,5-8H2,1-2H3,(H,16,17). The number of rotatable bonds is 4. The average molecular weight is 249 g/mol. The van der Waals surface area contributed by atoms with Crippen LogP contribution in [0.1, 0.15) is 36.2 Å². The van der Waals surface area contributed by atoms with E-state index in [0.717, 1.165) is 25.2 Å². The average Bonchev–Trinajstić information content (AvgIpc) is 2.67. The van der Waals surface area contributed by atoms with Crippen molar-refractivity contribution in [3.63, 3.8) is 0 Å². The molecule has 0 spiro atoms. The van der Waals surface area contributed by atoms with Crippen molar-refractivity contribution in [3.05, 3.63) is 29.3 Å². The summed E-state index contributed by atoms with van der Waals surface area (Å²) in [5, 5.41) is 18.8. The van der Waals surface area contributed by atoms with E-state index in [-0.39, 0.29) is 0 Å². The number of benzene rings is 1. The molecule has 1 heterocycles. The molecule has 4 heteroatoms. The zero-order valence-electron chi connectivity index (χ0n) is 10.8. The number of hydrogen-bond donors (Lipinski definition) is 2. The molecule has 1 aromatic rings. The Bertz CT molecular complexity index is 463. The summed E-state index contributed by atoms with van der Waals surface area (Å²) in [7, 11) is 0. The van der Waals surface area contributed by atoms with Crippen LogP contribution in [0.3, 0.4) is 0 Å². The second-order valence-electron chi connectivity index (χ2n) is 5.45. The van der Waals surface area contributed by atoms with Crippen molar-refractivity contribution in [2.24, 2.45) is 0 Å². The normalized spacial score (nSPS) is 14.7. The molecule has 98 valence electrons. The van der Waals surface area contributed by atoms with E-state index in [1.807, 2.05) is 6.07 Å². The van der Waals surface area contributed by atoms with Gasteiger partial charge in [0.15, 0.2) is 0 Å². The molecule has 0 atom stereocenters. The maximum atomic E-state index is 11.0. The first-order valence-electron chi connectivity index (χ1n) is 6.20. The Morgan fingerprint density at radius 1 is 1.44 bits per heavy atom. The molecule has 0 unspecified atom stereocenters. The molecule has 0 saturated carbocycles. The van der Waals surface area contributed by atoms with Crippen molar-refractivity contribution in [3.8, 4) is 0 Å². The quantitative estimate of drug-likeness (QED) is 0.855. The molecular formula is C14H19NO3. The van der Waals surface area contributed by atoms with Gasteiger partial charge in [0.05, 0.1) is 11.2 Å². The van der Waals surface area contributed by atoms with E-state index in [1.165, 1.54) is 5.56 Å². The van der Waals surface area contributed by atoms with Crippen molar-refractivity contribution in [2.45, 2.75) is 32.3 Å². The smallest absolute Gasteiger partial charge is 0.335 e. The Morgan fingerprint density at radius 2 is 2.17 bits per heavy atom. The fourth-order valence-corrected chi connectivity index (χ4v) is 2.22. The first-order chi connectivity index (χ1) is 8.37. The van der Waals surface area contributed by atoms with Crippen LogP contribution in [0.4, 0.5) is 5.69 Å². The van der Waals surface area contributed by atoms with Crippen LogP contribution in [0, 0.1) is 0 Å². The largest absolute Gasteiger partial charge is 0.478 e. The van der Waals surface area contributed by atoms with E-state index in [4.69, 9.17) is 5.11 Å². The summed E-state index contributed by atoms with van der Waals surface area (Å²) >= 11 is 0. The number of carboxylic acids is 1. The third-order valence-corrected chi connectivity index (χ3v) is 3.32. The van der Waals surface area contributed by atoms with E-state index in [1.54, 1.807) is 26.0 Å². The summed E-state index contributed by atoms with van der Waals surface area (Å²) in [6, 6.07) is 5.28. The number of aliphatic hydroxyl groups is 1. The number of anilines is 1. The van der Waals surface area contributed by atoms with Gasteiger partial charge in [0, 0.05) is 18.8 Å². The first kappa shape index (κ1) is 12.9. The van der Waals surface area contributed by atoms with Gasteiger partial charge in [0.2, 0.25) is 0 Å². The van der Waals surface area contributed by atoms with Crippen molar-refractivity contribution in [1.29, 1.82) is 0 Å². The van der Waals surface area contributed by atoms with Gasteiger partial charge in [-0.05, 0) is 44.4 Å². The zero-order chi connectivity index (χ0) is 13.3. The Balaban J connectivity index is 2.16. The number of aromatic carboxylic acids is 1. The van der Waals surface area contributed by atoms with Crippen LogP contribution in [0.25, 0.3) is 0 Å². The fourth-order valence-electron chi connectivity index (χ4n) is 2.22.